The summed E-state index contributed by atoms with van der Waals surface area (Å²) in [6, 6.07) is 18.9. The van der Waals surface area contributed by atoms with E-state index in [9.17, 15) is 18.9 Å². The van der Waals surface area contributed by atoms with Gasteiger partial charge in [0.2, 0.25) is 5.96 Å². The molecule has 0 aliphatic rings. The van der Waals surface area contributed by atoms with Gasteiger partial charge in [-0.05, 0) is 18.1 Å². The predicted molar refractivity (Wildman–Crippen MR) is 155 cm³/mol. The zero-order chi connectivity index (χ0) is 31.3. The lowest BCUT2D eigenvalue weighted by Gasteiger charge is -2.20. The Morgan fingerprint density at radius 1 is 0.721 bits per heavy atom. The molecule has 0 spiro atoms. The minimum atomic E-state index is -4.33. The summed E-state index contributed by atoms with van der Waals surface area (Å²) in [6.45, 7) is 0.273. The van der Waals surface area contributed by atoms with E-state index in [1.165, 1.54) is 11.9 Å². The summed E-state index contributed by atoms with van der Waals surface area (Å²) < 4.78 is 52.4. The number of hydrogen-bond acceptors (Lipinski definition) is 11. The van der Waals surface area contributed by atoms with E-state index in [-0.39, 0.29) is 45.5 Å². The Kier molecular flexibility index (Phi) is 16.2. The summed E-state index contributed by atoms with van der Waals surface area (Å²) in [5.41, 5.74) is 7.86. The van der Waals surface area contributed by atoms with Gasteiger partial charge in [0.15, 0.2) is 0 Å². The van der Waals surface area contributed by atoms with Crippen molar-refractivity contribution < 1.29 is 51.7 Å². The van der Waals surface area contributed by atoms with E-state index < -0.39 is 39.2 Å². The molecule has 0 aliphatic heterocycles. The Balaban J connectivity index is 1.82. The van der Waals surface area contributed by atoms with E-state index in [0.717, 1.165) is 11.1 Å². The Labute approximate surface area is 250 Å². The molecular formula is C28H38N3O11P. The number of nitrogens with zero attached hydrogens (tertiary/aromatic N) is 2. The molecule has 0 bridgehead atoms. The van der Waals surface area contributed by atoms with Gasteiger partial charge in [-0.1, -0.05) is 60.7 Å². The van der Waals surface area contributed by atoms with Crippen molar-refractivity contribution in [3.63, 3.8) is 0 Å². The summed E-state index contributed by atoms with van der Waals surface area (Å²) in [7, 11) is -2.91. The summed E-state index contributed by atoms with van der Waals surface area (Å²) >= 11 is 0. The molecule has 2 N–H and O–H groups in total. The molecular weight excluding hydrogens is 585 g/mol. The number of nitrogens with two attached hydrogens (primary N) is 1. The first-order valence-electron chi connectivity index (χ1n) is 13.5. The van der Waals surface area contributed by atoms with Gasteiger partial charge in [-0.3, -0.25) is 13.8 Å². The second-order valence-corrected chi connectivity index (χ2v) is 10.3. The van der Waals surface area contributed by atoms with Crippen LogP contribution in [0.2, 0.25) is 0 Å². The van der Waals surface area contributed by atoms with Crippen LogP contribution in [-0.4, -0.2) is 89.0 Å². The molecule has 0 unspecified atom stereocenters. The lowest BCUT2D eigenvalue weighted by Crippen LogP contribution is -2.38. The third kappa shape index (κ3) is 15.6. The van der Waals surface area contributed by atoms with Crippen molar-refractivity contribution in [2.24, 2.45) is 10.5 Å². The van der Waals surface area contributed by atoms with Gasteiger partial charge in [0.05, 0.1) is 33.0 Å². The van der Waals surface area contributed by atoms with E-state index in [0.29, 0.717) is 12.8 Å². The largest absolute Gasteiger partial charge is 0.508 e. The van der Waals surface area contributed by atoms with E-state index in [1.54, 1.807) is 6.92 Å². The van der Waals surface area contributed by atoms with Crippen molar-refractivity contribution in [2.45, 2.75) is 19.8 Å². The van der Waals surface area contributed by atoms with E-state index in [4.69, 9.17) is 38.5 Å². The van der Waals surface area contributed by atoms with Gasteiger partial charge in [0.25, 0.3) is 0 Å². The van der Waals surface area contributed by atoms with E-state index in [2.05, 4.69) is 4.76 Å². The van der Waals surface area contributed by atoms with Gasteiger partial charge in [0.1, 0.15) is 19.8 Å². The molecule has 0 aliphatic carbocycles. The van der Waals surface area contributed by atoms with Gasteiger partial charge in [0, 0.05) is 19.9 Å². The Hall–Kier alpha value is -4.13. The molecule has 0 atom stereocenters. The SMILES string of the molecule is CCOC(=O)CN(C)/C(N)=N\P(=O)(OCCOC(=O)OCCc1ccccc1)OCCOC(=O)OCCc1ccccc1. The highest BCUT2D eigenvalue weighted by atomic mass is 31.2. The normalized spacial score (nSPS) is 11.3. The van der Waals surface area contributed by atoms with Crippen LogP contribution in [0, 0.1) is 0 Å². The van der Waals surface area contributed by atoms with Crippen LogP contribution in [0.1, 0.15) is 18.1 Å². The standard InChI is InChI=1S/C28H38N3O11P/c1-3-36-25(32)22-31(2)26(29)30-43(35,41-20-18-39-27(33)37-16-14-23-10-6-4-7-11-23)42-21-19-40-28(34)38-17-15-24-12-8-5-9-13-24/h4-13H,3,14-22H2,1-2H3,(H2,29,30,35). The van der Waals surface area contributed by atoms with Crippen LogP contribution in [0.4, 0.5) is 9.59 Å². The molecule has 14 nitrogen and oxygen atoms in total. The maximum Gasteiger partial charge on any atom is 0.508 e. The number of guanidine groups is 1. The van der Waals surface area contributed by atoms with E-state index in [1.807, 2.05) is 60.7 Å². The van der Waals surface area contributed by atoms with Gasteiger partial charge in [-0.15, -0.1) is 4.76 Å². The van der Waals surface area contributed by atoms with Crippen molar-refractivity contribution >= 4 is 32.0 Å². The van der Waals surface area contributed by atoms with Crippen LogP contribution in [-0.2, 0) is 54.9 Å². The first kappa shape index (κ1) is 35.1. The Morgan fingerprint density at radius 2 is 1.16 bits per heavy atom. The van der Waals surface area contributed by atoms with Crippen molar-refractivity contribution in [1.82, 2.24) is 4.90 Å². The third-order valence-electron chi connectivity index (χ3n) is 5.31. The zero-order valence-corrected chi connectivity index (χ0v) is 25.1. The summed E-state index contributed by atoms with van der Waals surface area (Å²) in [4.78, 5) is 36.6. The molecule has 0 saturated heterocycles. The van der Waals surface area contributed by atoms with E-state index >= 15 is 0 Å². The van der Waals surface area contributed by atoms with Crippen LogP contribution in [0.25, 0.3) is 0 Å². The molecule has 2 aromatic carbocycles. The highest BCUT2D eigenvalue weighted by Crippen LogP contribution is 2.49. The Morgan fingerprint density at radius 3 is 1.60 bits per heavy atom. The number of benzene rings is 2. The van der Waals surface area contributed by atoms with Gasteiger partial charge >= 0.3 is 26.0 Å². The average molecular weight is 624 g/mol. The monoisotopic (exact) mass is 623 g/mol. The highest BCUT2D eigenvalue weighted by molar-refractivity contribution is 7.52. The molecule has 0 aromatic heterocycles. The Bertz CT molecular complexity index is 1130. The fourth-order valence-electron chi connectivity index (χ4n) is 3.21. The third-order valence-corrected chi connectivity index (χ3v) is 6.78. The molecule has 236 valence electrons. The number of rotatable bonds is 18. The molecule has 2 aromatic rings. The minimum Gasteiger partial charge on any atom is -0.465 e. The molecule has 2 rings (SSSR count). The second kappa shape index (κ2) is 19.9. The molecule has 0 fully saturated rings. The first-order chi connectivity index (χ1) is 20.7. The minimum absolute atomic E-state index is 0.105. The van der Waals surface area contributed by atoms with Crippen molar-refractivity contribution in [2.75, 3.05) is 59.8 Å². The molecule has 0 saturated carbocycles. The smallest absolute Gasteiger partial charge is 0.465 e. The quantitative estimate of drug-likeness (QED) is 0.0636. The van der Waals surface area contributed by atoms with Crippen LogP contribution in [0.15, 0.2) is 65.4 Å². The van der Waals surface area contributed by atoms with Crippen molar-refractivity contribution in [1.29, 1.82) is 0 Å². The molecule has 0 heterocycles. The lowest BCUT2D eigenvalue weighted by molar-refractivity contribution is -0.143. The molecule has 15 heteroatoms. The molecule has 43 heavy (non-hydrogen) atoms. The van der Waals surface area contributed by atoms with Crippen LogP contribution < -0.4 is 5.73 Å². The fourth-order valence-corrected chi connectivity index (χ4v) is 4.41. The van der Waals surface area contributed by atoms with Crippen molar-refractivity contribution in [3.8, 4) is 0 Å². The van der Waals surface area contributed by atoms with Crippen LogP contribution in [0.3, 0.4) is 0 Å². The second-order valence-electron chi connectivity index (χ2n) is 8.62. The van der Waals surface area contributed by atoms with Gasteiger partial charge < -0.3 is 34.3 Å². The number of esters is 1. The van der Waals surface area contributed by atoms with Gasteiger partial charge in [-0.2, -0.15) is 0 Å². The van der Waals surface area contributed by atoms with Crippen LogP contribution in [0.5, 0.6) is 0 Å². The predicted octanol–water partition coefficient (Wildman–Crippen LogP) is 3.73. The maximum absolute atomic E-state index is 13.3. The number of carbonyl (C=O) groups is 3. The first-order valence-corrected chi connectivity index (χ1v) is 15.0. The highest BCUT2D eigenvalue weighted by Gasteiger charge is 2.27. The lowest BCUT2D eigenvalue weighted by atomic mass is 10.2. The summed E-state index contributed by atoms with van der Waals surface area (Å²) in [5.74, 6) is -0.933. The number of carbonyl (C=O) groups excluding carboxylic acids is 3. The topological polar surface area (TPSA) is 175 Å². The van der Waals surface area contributed by atoms with Gasteiger partial charge in [-0.25, -0.2) is 14.2 Å². The average Bonchev–Trinajstić information content (AvgIpc) is 2.99. The maximum atomic E-state index is 13.3. The summed E-state index contributed by atoms with van der Waals surface area (Å²) in [5, 5.41) is 0. The number of hydrogen-bond donors (Lipinski definition) is 1. The number of ether oxygens (including phenoxy) is 5. The summed E-state index contributed by atoms with van der Waals surface area (Å²) in [6.07, 6.45) is -0.866. The zero-order valence-electron chi connectivity index (χ0n) is 24.3. The van der Waals surface area contributed by atoms with Crippen molar-refractivity contribution in [3.05, 3.63) is 71.8 Å². The number of likely N-dealkylation sites (N-methyl/N-ethyl adjacent to an activating group) is 1. The fraction of sp³-hybridized carbons (Fsp3) is 0.429. The molecule has 0 radical (unpaired) electrons. The van der Waals surface area contributed by atoms with Crippen LogP contribution >= 0.6 is 7.75 Å². The molecule has 0 amide bonds.